The number of aliphatic hydroxyl groups is 1. The molecule has 2 nitrogen and oxygen atoms in total. The lowest BCUT2D eigenvalue weighted by atomic mass is 9.92. The molecule has 0 fully saturated rings. The van der Waals surface area contributed by atoms with Crippen LogP contribution in [-0.2, 0) is 0 Å². The van der Waals surface area contributed by atoms with Gasteiger partial charge in [0, 0.05) is 0 Å². The second kappa shape index (κ2) is 6.02. The Labute approximate surface area is 98.7 Å². The Hall–Kier alpha value is -0.860. The lowest BCUT2D eigenvalue weighted by Gasteiger charge is -2.22. The Balaban J connectivity index is 2.45. The molecule has 0 spiro atoms. The molecule has 2 N–H and O–H groups in total. The molecular weight excluding hydrogens is 198 g/mol. The number of rotatable bonds is 5. The van der Waals surface area contributed by atoms with Gasteiger partial charge in [0.2, 0.25) is 0 Å². The minimum absolute atomic E-state index is 0.0588. The van der Waals surface area contributed by atoms with E-state index in [4.69, 9.17) is 0 Å². The molecule has 90 valence electrons. The molecule has 0 unspecified atom stereocenters. The van der Waals surface area contributed by atoms with Crippen LogP contribution in [0, 0.1) is 5.41 Å². The third-order valence-corrected chi connectivity index (χ3v) is 2.65. The molecule has 0 radical (unpaired) electrons. The zero-order chi connectivity index (χ0) is 12.0. The van der Waals surface area contributed by atoms with Crippen LogP contribution < -0.4 is 5.32 Å². The van der Waals surface area contributed by atoms with Gasteiger partial charge in [-0.05, 0) is 23.9 Å². The van der Waals surface area contributed by atoms with Crippen LogP contribution in [0.4, 0.5) is 0 Å². The van der Waals surface area contributed by atoms with E-state index in [0.717, 1.165) is 18.5 Å². The first-order valence-electron chi connectivity index (χ1n) is 5.92. The van der Waals surface area contributed by atoms with E-state index in [1.165, 1.54) is 0 Å². The second-order valence-corrected chi connectivity index (χ2v) is 5.41. The Kier molecular flexibility index (Phi) is 4.97. The molecular formula is C14H23NO. The van der Waals surface area contributed by atoms with Gasteiger partial charge in [-0.3, -0.25) is 0 Å². The normalized spacial score (nSPS) is 13.8. The monoisotopic (exact) mass is 221 g/mol. The Morgan fingerprint density at radius 1 is 1.19 bits per heavy atom. The first-order valence-corrected chi connectivity index (χ1v) is 5.92. The highest BCUT2D eigenvalue weighted by Crippen LogP contribution is 2.18. The first-order chi connectivity index (χ1) is 7.53. The van der Waals surface area contributed by atoms with Crippen molar-refractivity contribution in [1.29, 1.82) is 0 Å². The summed E-state index contributed by atoms with van der Waals surface area (Å²) in [5.74, 6) is 0. The summed E-state index contributed by atoms with van der Waals surface area (Å²) in [7, 11) is 0. The summed E-state index contributed by atoms with van der Waals surface area (Å²) in [5, 5.41) is 12.7. The predicted octanol–water partition coefficient (Wildman–Crippen LogP) is 2.75. The lowest BCUT2D eigenvalue weighted by Crippen LogP contribution is -2.27. The van der Waals surface area contributed by atoms with Crippen molar-refractivity contribution in [3.8, 4) is 0 Å². The van der Waals surface area contributed by atoms with Crippen molar-refractivity contribution in [3.63, 3.8) is 0 Å². The molecule has 2 heteroatoms. The fourth-order valence-corrected chi connectivity index (χ4v) is 1.59. The molecule has 1 aromatic rings. The molecule has 0 aliphatic carbocycles. The van der Waals surface area contributed by atoms with Crippen molar-refractivity contribution < 1.29 is 5.11 Å². The Morgan fingerprint density at radius 2 is 1.81 bits per heavy atom. The zero-order valence-electron chi connectivity index (χ0n) is 10.5. The number of hydrogen-bond acceptors (Lipinski definition) is 2. The maximum Gasteiger partial charge on any atom is 0.0626 e. The van der Waals surface area contributed by atoms with Gasteiger partial charge in [-0.25, -0.2) is 0 Å². The summed E-state index contributed by atoms with van der Waals surface area (Å²) in [6.07, 6.45) is 1.11. The van der Waals surface area contributed by atoms with Crippen LogP contribution in [0.1, 0.15) is 38.8 Å². The maximum absolute atomic E-state index is 9.35. The minimum Gasteiger partial charge on any atom is -0.394 e. The summed E-state index contributed by atoms with van der Waals surface area (Å²) in [5.41, 5.74) is 1.49. The Morgan fingerprint density at radius 3 is 2.31 bits per heavy atom. The summed E-state index contributed by atoms with van der Waals surface area (Å²) in [4.78, 5) is 0. The van der Waals surface area contributed by atoms with E-state index < -0.39 is 0 Å². The van der Waals surface area contributed by atoms with Crippen LogP contribution in [0.2, 0.25) is 0 Å². The van der Waals surface area contributed by atoms with Crippen molar-refractivity contribution in [2.45, 2.75) is 33.2 Å². The van der Waals surface area contributed by atoms with E-state index in [0.29, 0.717) is 5.41 Å². The average molecular weight is 221 g/mol. The van der Waals surface area contributed by atoms with E-state index in [-0.39, 0.29) is 12.6 Å². The molecule has 0 amide bonds. The minimum atomic E-state index is 0.0588. The SMILES string of the molecule is CC(C)(C)CCN[C@H](CO)c1ccccc1. The lowest BCUT2D eigenvalue weighted by molar-refractivity contribution is 0.237. The van der Waals surface area contributed by atoms with Gasteiger partial charge in [-0.15, -0.1) is 0 Å². The molecule has 1 rings (SSSR count). The highest BCUT2D eigenvalue weighted by atomic mass is 16.3. The number of nitrogens with one attached hydrogen (secondary N) is 1. The van der Waals surface area contributed by atoms with E-state index in [2.05, 4.69) is 26.1 Å². The van der Waals surface area contributed by atoms with Crippen molar-refractivity contribution in [2.24, 2.45) is 5.41 Å². The van der Waals surface area contributed by atoms with Crippen LogP contribution in [0.3, 0.4) is 0 Å². The summed E-state index contributed by atoms with van der Waals surface area (Å²) >= 11 is 0. The van der Waals surface area contributed by atoms with Crippen LogP contribution in [0.25, 0.3) is 0 Å². The molecule has 0 aliphatic heterocycles. The molecule has 16 heavy (non-hydrogen) atoms. The van der Waals surface area contributed by atoms with Gasteiger partial charge >= 0.3 is 0 Å². The third-order valence-electron chi connectivity index (χ3n) is 2.65. The van der Waals surface area contributed by atoms with Gasteiger partial charge in [0.1, 0.15) is 0 Å². The number of aliphatic hydroxyl groups excluding tert-OH is 1. The van der Waals surface area contributed by atoms with E-state index in [1.54, 1.807) is 0 Å². The van der Waals surface area contributed by atoms with Crippen molar-refractivity contribution in [2.75, 3.05) is 13.2 Å². The molecule has 0 aliphatic rings. The van der Waals surface area contributed by atoms with Gasteiger partial charge in [0.05, 0.1) is 12.6 Å². The van der Waals surface area contributed by atoms with Crippen LogP contribution in [0.15, 0.2) is 30.3 Å². The smallest absolute Gasteiger partial charge is 0.0626 e. The fourth-order valence-electron chi connectivity index (χ4n) is 1.59. The molecule has 0 heterocycles. The van der Waals surface area contributed by atoms with Gasteiger partial charge < -0.3 is 10.4 Å². The molecule has 0 saturated heterocycles. The van der Waals surface area contributed by atoms with Crippen molar-refractivity contribution in [1.82, 2.24) is 5.32 Å². The van der Waals surface area contributed by atoms with Crippen molar-refractivity contribution >= 4 is 0 Å². The molecule has 0 saturated carbocycles. The average Bonchev–Trinajstić information content (AvgIpc) is 2.24. The topological polar surface area (TPSA) is 32.3 Å². The quantitative estimate of drug-likeness (QED) is 0.801. The molecule has 1 aromatic carbocycles. The van der Waals surface area contributed by atoms with Crippen LogP contribution >= 0.6 is 0 Å². The van der Waals surface area contributed by atoms with E-state index >= 15 is 0 Å². The highest BCUT2D eigenvalue weighted by Gasteiger charge is 2.12. The van der Waals surface area contributed by atoms with Gasteiger partial charge in [-0.1, -0.05) is 51.1 Å². The second-order valence-electron chi connectivity index (χ2n) is 5.41. The number of benzene rings is 1. The molecule has 1 atom stereocenters. The largest absolute Gasteiger partial charge is 0.394 e. The fraction of sp³-hybridized carbons (Fsp3) is 0.571. The summed E-state index contributed by atoms with van der Waals surface area (Å²) in [6.45, 7) is 7.76. The zero-order valence-corrected chi connectivity index (χ0v) is 10.5. The predicted molar refractivity (Wildman–Crippen MR) is 68.3 cm³/mol. The standard InChI is InChI=1S/C14H23NO/c1-14(2,3)9-10-15-13(11-16)12-7-5-4-6-8-12/h4-8,13,15-16H,9-11H2,1-3H3/t13-/m1/s1. The first kappa shape index (κ1) is 13.2. The van der Waals surface area contributed by atoms with E-state index in [9.17, 15) is 5.11 Å². The molecule has 0 bridgehead atoms. The Bertz CT molecular complexity index is 289. The summed E-state index contributed by atoms with van der Waals surface area (Å²) < 4.78 is 0. The van der Waals surface area contributed by atoms with Crippen LogP contribution in [-0.4, -0.2) is 18.3 Å². The van der Waals surface area contributed by atoms with Gasteiger partial charge in [0.15, 0.2) is 0 Å². The number of hydrogen-bond donors (Lipinski definition) is 2. The third kappa shape index (κ3) is 4.77. The van der Waals surface area contributed by atoms with Crippen LogP contribution in [0.5, 0.6) is 0 Å². The van der Waals surface area contributed by atoms with Crippen molar-refractivity contribution in [3.05, 3.63) is 35.9 Å². The highest BCUT2D eigenvalue weighted by molar-refractivity contribution is 5.18. The van der Waals surface area contributed by atoms with Gasteiger partial charge in [0.25, 0.3) is 0 Å². The van der Waals surface area contributed by atoms with Gasteiger partial charge in [-0.2, -0.15) is 0 Å². The summed E-state index contributed by atoms with van der Waals surface area (Å²) in [6, 6.07) is 10.2. The van der Waals surface area contributed by atoms with E-state index in [1.807, 2.05) is 30.3 Å². The maximum atomic E-state index is 9.35. The molecule has 0 aromatic heterocycles.